The molecule has 18 heavy (non-hydrogen) atoms. The van der Waals surface area contributed by atoms with E-state index in [1.807, 2.05) is 6.07 Å². The van der Waals surface area contributed by atoms with Crippen LogP contribution in [0.3, 0.4) is 0 Å². The van der Waals surface area contributed by atoms with Crippen LogP contribution in [0, 0.1) is 0 Å². The second-order valence-corrected chi connectivity index (χ2v) is 6.36. The summed E-state index contributed by atoms with van der Waals surface area (Å²) < 4.78 is 31.9. The molecule has 0 spiro atoms. The monoisotopic (exact) mass is 312 g/mol. The Hall–Kier alpha value is -0.511. The molecule has 0 aliphatic carbocycles. The smallest absolute Gasteiger partial charge is 0.0384 e. The Kier molecular flexibility index (Phi) is 14.2. The molecule has 0 saturated heterocycles. The summed E-state index contributed by atoms with van der Waals surface area (Å²) in [5.74, 6) is 0. The molecule has 1 aromatic rings. The average molecular weight is 312 g/mol. The van der Waals surface area contributed by atoms with Gasteiger partial charge in [-0.3, -0.25) is 0 Å². The number of rotatable bonds is 3. The van der Waals surface area contributed by atoms with Gasteiger partial charge in [-0.15, -0.1) is 0 Å². The first kappa shape index (κ1) is 19.8. The van der Waals surface area contributed by atoms with Crippen molar-refractivity contribution < 1.29 is 29.5 Å². The van der Waals surface area contributed by atoms with Crippen LogP contribution in [-0.2, 0) is 21.2 Å². The van der Waals surface area contributed by atoms with E-state index >= 15 is 0 Å². The molecule has 0 bridgehead atoms. The van der Waals surface area contributed by atoms with Crippen LogP contribution in [0.4, 0.5) is 0 Å². The van der Waals surface area contributed by atoms with Gasteiger partial charge in [0.25, 0.3) is 0 Å². The Labute approximate surface area is 115 Å². The summed E-state index contributed by atoms with van der Waals surface area (Å²) in [5.41, 5.74) is 0. The third-order valence-electron chi connectivity index (χ3n) is 1.90. The molecule has 106 valence electrons. The van der Waals surface area contributed by atoms with Crippen LogP contribution in [-0.4, -0.2) is 18.6 Å². The van der Waals surface area contributed by atoms with E-state index < -0.39 is 13.6 Å². The zero-order valence-electron chi connectivity index (χ0n) is 11.3. The van der Waals surface area contributed by atoms with Crippen molar-refractivity contribution >= 4 is 15.4 Å². The quantitative estimate of drug-likeness (QED) is 0.643. The van der Waals surface area contributed by atoms with Gasteiger partial charge in [-0.05, 0) is 0 Å². The Morgan fingerprint density at radius 1 is 1.00 bits per heavy atom. The third kappa shape index (κ3) is 29.6. The van der Waals surface area contributed by atoms with Crippen molar-refractivity contribution in [2.45, 2.75) is 39.5 Å². The zero-order chi connectivity index (χ0) is 14.4. The van der Waals surface area contributed by atoms with E-state index in [-0.39, 0.29) is 0 Å². The maximum absolute atomic E-state index is 8.82. The van der Waals surface area contributed by atoms with Gasteiger partial charge in [-0.1, -0.05) is 75.0 Å². The summed E-state index contributed by atoms with van der Waals surface area (Å²) in [5, 5.41) is 1.46. The zero-order valence-corrected chi connectivity index (χ0v) is 14.6. The van der Waals surface area contributed by atoms with E-state index in [9.17, 15) is 0 Å². The van der Waals surface area contributed by atoms with Gasteiger partial charge in [0.1, 0.15) is 0 Å². The van der Waals surface area contributed by atoms with E-state index in [0.29, 0.717) is 0 Å². The van der Waals surface area contributed by atoms with Gasteiger partial charge >= 0.3 is 29.5 Å². The van der Waals surface area contributed by atoms with Crippen LogP contribution >= 0.6 is 0 Å². The predicted octanol–water partition coefficient (Wildman–Crippen LogP) is 0.910. The van der Waals surface area contributed by atoms with Crippen LogP contribution in [0.1, 0.15) is 39.5 Å². The van der Waals surface area contributed by atoms with Crippen molar-refractivity contribution in [2.75, 3.05) is 0 Å². The van der Waals surface area contributed by atoms with Gasteiger partial charge in [0.05, 0.1) is 0 Å². The molecule has 2 N–H and O–H groups in total. The standard InChI is InChI=1S/C6H8Si.C6H14.Cr.2H2O.2O/c7-6-4-2-1-3-5-6;1-3-5-6-4-2;;;;;/h1-5H,7H3;3-6H2,1-2H3;;2*1H2;;/q;;+2;;;;/p-2. The summed E-state index contributed by atoms with van der Waals surface area (Å²) in [6, 6.07) is 10.5. The van der Waals surface area contributed by atoms with E-state index in [2.05, 4.69) is 38.1 Å². The fourth-order valence-electron chi connectivity index (χ4n) is 1.03. The molecule has 0 unspecified atom stereocenters. The Bertz CT molecular complexity index is 353. The van der Waals surface area contributed by atoms with Crippen LogP contribution < -0.4 is 5.19 Å². The SMILES string of the molecule is CCCCCC.[O]=[Cr](=[O])([OH])[OH].[SiH3]c1ccccc1. The maximum Gasteiger partial charge on any atom is 0.0384 e. The summed E-state index contributed by atoms with van der Waals surface area (Å²) in [4.78, 5) is 0. The van der Waals surface area contributed by atoms with Crippen LogP contribution in [0.5, 0.6) is 0 Å². The normalized spacial score (nSPS) is 9.78. The van der Waals surface area contributed by atoms with Crippen molar-refractivity contribution in [3.8, 4) is 0 Å². The van der Waals surface area contributed by atoms with Crippen molar-refractivity contribution in [1.82, 2.24) is 0 Å². The molecule has 6 heteroatoms. The average Bonchev–Trinajstić information content (AvgIpc) is 2.26. The molecule has 0 aliphatic rings. The Morgan fingerprint density at radius 3 is 1.50 bits per heavy atom. The maximum atomic E-state index is 8.82. The molecule has 0 heterocycles. The first-order valence-electron chi connectivity index (χ1n) is 6.02. The number of hydrogen-bond donors (Lipinski definition) is 2. The van der Waals surface area contributed by atoms with Gasteiger partial charge in [-0.25, -0.2) is 0 Å². The Morgan fingerprint density at radius 2 is 1.33 bits per heavy atom. The van der Waals surface area contributed by atoms with Crippen molar-refractivity contribution in [1.29, 1.82) is 0 Å². The van der Waals surface area contributed by atoms with E-state index in [1.165, 1.54) is 41.1 Å². The molecular formula is C12H24CrO4Si. The summed E-state index contributed by atoms with van der Waals surface area (Å²) in [6.45, 7) is 4.46. The largest absolute Gasteiger partial charge is 0.0708 e. The first-order valence-corrected chi connectivity index (χ1v) is 9.20. The minimum Gasteiger partial charge on any atom is -0.0708 e. The molecule has 1 aromatic carbocycles. The topological polar surface area (TPSA) is 74.6 Å². The third-order valence-corrected chi connectivity index (χ3v) is 2.56. The van der Waals surface area contributed by atoms with E-state index in [1.54, 1.807) is 0 Å². The van der Waals surface area contributed by atoms with Crippen LogP contribution in [0.25, 0.3) is 0 Å². The van der Waals surface area contributed by atoms with E-state index in [4.69, 9.17) is 15.9 Å². The molecule has 0 fully saturated rings. The van der Waals surface area contributed by atoms with Gasteiger partial charge in [0.2, 0.25) is 0 Å². The van der Waals surface area contributed by atoms with Crippen molar-refractivity contribution in [2.24, 2.45) is 0 Å². The molecule has 4 nitrogen and oxygen atoms in total. The predicted molar refractivity (Wildman–Crippen MR) is 71.6 cm³/mol. The fraction of sp³-hybridized carbons (Fsp3) is 0.500. The van der Waals surface area contributed by atoms with Crippen LogP contribution in [0.15, 0.2) is 30.3 Å². The molecule has 0 amide bonds. The fourth-order valence-corrected chi connectivity index (χ4v) is 1.42. The first-order chi connectivity index (χ1) is 8.31. The van der Waals surface area contributed by atoms with Gasteiger partial charge in [0, 0.05) is 10.2 Å². The summed E-state index contributed by atoms with van der Waals surface area (Å²) >= 11 is -5.25. The second kappa shape index (κ2) is 12.9. The minimum absolute atomic E-state index is 1.17. The molecule has 0 saturated carbocycles. The second-order valence-electron chi connectivity index (χ2n) is 3.81. The molecule has 1 rings (SSSR count). The molecular weight excluding hydrogens is 288 g/mol. The molecule has 0 atom stereocenters. The number of benzene rings is 1. The Balaban J connectivity index is 0. The van der Waals surface area contributed by atoms with E-state index in [0.717, 1.165) is 0 Å². The summed E-state index contributed by atoms with van der Waals surface area (Å²) in [6.07, 6.45) is 5.54. The van der Waals surface area contributed by atoms with Gasteiger partial charge < -0.3 is 0 Å². The van der Waals surface area contributed by atoms with Crippen molar-refractivity contribution in [3.63, 3.8) is 0 Å². The van der Waals surface area contributed by atoms with Crippen molar-refractivity contribution in [3.05, 3.63) is 30.3 Å². The van der Waals surface area contributed by atoms with Gasteiger partial charge in [-0.2, -0.15) is 0 Å². The van der Waals surface area contributed by atoms with Gasteiger partial charge in [0.15, 0.2) is 0 Å². The van der Waals surface area contributed by atoms with Crippen LogP contribution in [0.2, 0.25) is 0 Å². The summed E-state index contributed by atoms with van der Waals surface area (Å²) in [7, 11) is 1.17. The molecule has 0 aliphatic heterocycles. The number of hydrogen-bond acceptors (Lipinski definition) is 2. The minimum atomic E-state index is -5.25. The molecule has 0 radical (unpaired) electrons. The number of unbranched alkanes of at least 4 members (excludes halogenated alkanes) is 3. The molecule has 0 aromatic heterocycles.